The summed E-state index contributed by atoms with van der Waals surface area (Å²) in [6.45, 7) is 8.03. The van der Waals surface area contributed by atoms with E-state index in [1.54, 1.807) is 18.1 Å². The van der Waals surface area contributed by atoms with Crippen LogP contribution in [0.15, 0.2) is 54.8 Å². The number of fused-ring (bicyclic) bond motifs is 1. The van der Waals surface area contributed by atoms with Crippen molar-refractivity contribution in [3.63, 3.8) is 0 Å². The lowest BCUT2D eigenvalue weighted by Crippen LogP contribution is -2.40. The van der Waals surface area contributed by atoms with Crippen LogP contribution in [0.2, 0.25) is 0 Å². The molecule has 2 aromatic rings. The molecule has 1 amide bonds. The van der Waals surface area contributed by atoms with Crippen LogP contribution in [-0.2, 0) is 17.6 Å². The molecule has 0 saturated heterocycles. The lowest BCUT2D eigenvalue weighted by molar-refractivity contribution is -0.122. The molecule has 2 heterocycles. The molecule has 6 heteroatoms. The Morgan fingerprint density at radius 2 is 2.03 bits per heavy atom. The summed E-state index contributed by atoms with van der Waals surface area (Å²) in [5.74, 6) is 0.655. The predicted octanol–water partition coefficient (Wildman–Crippen LogP) is 4.57. The van der Waals surface area contributed by atoms with E-state index in [0.29, 0.717) is 12.4 Å². The number of carbonyl (C=O) groups is 1. The van der Waals surface area contributed by atoms with Crippen molar-refractivity contribution < 1.29 is 4.79 Å². The average molecular weight is 420 g/mol. The molecule has 0 bridgehead atoms. The Morgan fingerprint density at radius 1 is 1.29 bits per heavy atom. The largest absolute Gasteiger partial charge is 0.312 e. The van der Waals surface area contributed by atoms with Crippen molar-refractivity contribution in [3.8, 4) is 0 Å². The van der Waals surface area contributed by atoms with Gasteiger partial charge in [-0.15, -0.1) is 0 Å². The smallest absolute Gasteiger partial charge is 0.244 e. The van der Waals surface area contributed by atoms with Crippen molar-refractivity contribution in [3.05, 3.63) is 66.0 Å². The summed E-state index contributed by atoms with van der Waals surface area (Å²) in [4.78, 5) is 23.3. The molecule has 1 aliphatic rings. The van der Waals surface area contributed by atoms with Crippen LogP contribution >= 0.6 is 0 Å². The molecule has 1 unspecified atom stereocenters. The number of allylic oxidation sites excluding steroid dienone is 3. The van der Waals surface area contributed by atoms with Gasteiger partial charge in [-0.25, -0.2) is 9.97 Å². The number of hydrogen-bond acceptors (Lipinski definition) is 5. The fourth-order valence-electron chi connectivity index (χ4n) is 3.98. The standard InChI is InChI=1S/C25H33N5O/c1-7-11-19(8-2)14-15-20-12-9-10-13-22(20)29(5)30(6)25-26-17-23-21(27-25)16-18(3)24(31)28(23)4/h8-13,17-18H,2,7,14-16H2,1,3-6H3/b19-11+. The summed E-state index contributed by atoms with van der Waals surface area (Å²) in [5.41, 5.74) is 5.36. The van der Waals surface area contributed by atoms with E-state index in [2.05, 4.69) is 53.8 Å². The van der Waals surface area contributed by atoms with E-state index in [1.807, 2.05) is 32.1 Å². The maximum Gasteiger partial charge on any atom is 0.244 e. The molecule has 0 radical (unpaired) electrons. The molecule has 6 nitrogen and oxygen atoms in total. The predicted molar refractivity (Wildman–Crippen MR) is 128 cm³/mol. The number of benzene rings is 1. The summed E-state index contributed by atoms with van der Waals surface area (Å²) in [5, 5.41) is 4.03. The molecular weight excluding hydrogens is 386 g/mol. The first kappa shape index (κ1) is 22.5. The Labute approximate surface area is 185 Å². The van der Waals surface area contributed by atoms with Crippen molar-refractivity contribution in [1.82, 2.24) is 9.97 Å². The summed E-state index contributed by atoms with van der Waals surface area (Å²) < 4.78 is 0. The van der Waals surface area contributed by atoms with E-state index in [1.165, 1.54) is 11.1 Å². The van der Waals surface area contributed by atoms with Crippen LogP contribution in [0.25, 0.3) is 0 Å². The molecule has 1 aliphatic heterocycles. The number of nitrogens with zero attached hydrogens (tertiary/aromatic N) is 5. The third-order valence-electron chi connectivity index (χ3n) is 5.94. The Morgan fingerprint density at radius 3 is 2.74 bits per heavy atom. The summed E-state index contributed by atoms with van der Waals surface area (Å²) in [6.07, 6.45) is 9.47. The van der Waals surface area contributed by atoms with Gasteiger partial charge in [0.25, 0.3) is 0 Å². The molecule has 1 aromatic heterocycles. The van der Waals surface area contributed by atoms with E-state index in [-0.39, 0.29) is 11.8 Å². The van der Waals surface area contributed by atoms with E-state index in [0.717, 1.165) is 36.3 Å². The zero-order valence-electron chi connectivity index (χ0n) is 19.3. The van der Waals surface area contributed by atoms with Crippen LogP contribution in [0.1, 0.15) is 37.9 Å². The number of amides is 1. The van der Waals surface area contributed by atoms with E-state index >= 15 is 0 Å². The molecule has 1 aromatic carbocycles. The molecule has 0 N–H and O–H groups in total. The first-order valence-electron chi connectivity index (χ1n) is 10.9. The summed E-state index contributed by atoms with van der Waals surface area (Å²) in [7, 11) is 5.78. The molecule has 164 valence electrons. The lowest BCUT2D eigenvalue weighted by atomic mass is 9.98. The van der Waals surface area contributed by atoms with E-state index < -0.39 is 0 Å². The molecular formula is C25H33N5O. The highest BCUT2D eigenvalue weighted by Crippen LogP contribution is 2.30. The fourth-order valence-corrected chi connectivity index (χ4v) is 3.98. The summed E-state index contributed by atoms with van der Waals surface area (Å²) in [6, 6.07) is 8.42. The van der Waals surface area contributed by atoms with Gasteiger partial charge in [-0.1, -0.05) is 56.4 Å². The van der Waals surface area contributed by atoms with Gasteiger partial charge in [-0.2, -0.15) is 0 Å². The zero-order valence-corrected chi connectivity index (χ0v) is 19.3. The zero-order chi connectivity index (χ0) is 22.5. The molecule has 0 fully saturated rings. The van der Waals surface area contributed by atoms with Crippen molar-refractivity contribution in [2.75, 3.05) is 36.1 Å². The highest BCUT2D eigenvalue weighted by atomic mass is 16.2. The van der Waals surface area contributed by atoms with Crippen LogP contribution in [-0.4, -0.2) is 37.0 Å². The minimum absolute atomic E-state index is 0.0701. The highest BCUT2D eigenvalue weighted by Gasteiger charge is 2.29. The van der Waals surface area contributed by atoms with Gasteiger partial charge in [-0.3, -0.25) is 14.8 Å². The van der Waals surface area contributed by atoms with Gasteiger partial charge in [0.05, 0.1) is 23.3 Å². The Bertz CT molecular complexity index is 984. The molecule has 0 aliphatic carbocycles. The molecule has 31 heavy (non-hydrogen) atoms. The second kappa shape index (κ2) is 9.77. The number of anilines is 3. The van der Waals surface area contributed by atoms with Gasteiger partial charge in [0.2, 0.25) is 11.9 Å². The van der Waals surface area contributed by atoms with Crippen LogP contribution in [0.3, 0.4) is 0 Å². The maximum absolute atomic E-state index is 12.3. The SMILES string of the molecule is C=C/C(=C\CC)CCc1ccccc1N(C)N(C)c1ncc2c(n1)CC(C)C(=O)N2C. The Hall–Kier alpha value is -3.15. The van der Waals surface area contributed by atoms with E-state index in [9.17, 15) is 4.79 Å². The number of aryl methyl sites for hydroxylation is 1. The van der Waals surface area contributed by atoms with Crippen molar-refractivity contribution >= 4 is 23.2 Å². The minimum Gasteiger partial charge on any atom is -0.312 e. The molecule has 0 spiro atoms. The van der Waals surface area contributed by atoms with Crippen molar-refractivity contribution in [2.45, 2.75) is 39.5 Å². The highest BCUT2D eigenvalue weighted by molar-refractivity contribution is 5.96. The van der Waals surface area contributed by atoms with Crippen LogP contribution in [0.4, 0.5) is 17.3 Å². The maximum atomic E-state index is 12.3. The molecule has 1 atom stereocenters. The van der Waals surface area contributed by atoms with Gasteiger partial charge in [0, 0.05) is 33.5 Å². The number of hydrogen-bond donors (Lipinski definition) is 0. The fraction of sp³-hybridized carbons (Fsp3) is 0.400. The third kappa shape index (κ3) is 4.79. The van der Waals surface area contributed by atoms with Gasteiger partial charge < -0.3 is 4.90 Å². The number of aromatic nitrogens is 2. The minimum atomic E-state index is -0.0701. The van der Waals surface area contributed by atoms with Gasteiger partial charge in [-0.05, 0) is 30.9 Å². The van der Waals surface area contributed by atoms with Crippen LogP contribution < -0.4 is 14.9 Å². The molecule has 0 saturated carbocycles. The van der Waals surface area contributed by atoms with Crippen molar-refractivity contribution in [2.24, 2.45) is 5.92 Å². The quantitative estimate of drug-likeness (QED) is 0.463. The third-order valence-corrected chi connectivity index (χ3v) is 5.94. The lowest BCUT2D eigenvalue weighted by Gasteiger charge is -2.33. The monoisotopic (exact) mass is 419 g/mol. The van der Waals surface area contributed by atoms with Gasteiger partial charge in [0.1, 0.15) is 0 Å². The second-order valence-corrected chi connectivity index (χ2v) is 8.07. The average Bonchev–Trinajstić information content (AvgIpc) is 2.79. The number of hydrazine groups is 1. The van der Waals surface area contributed by atoms with E-state index in [4.69, 9.17) is 4.98 Å². The van der Waals surface area contributed by atoms with Crippen LogP contribution in [0, 0.1) is 5.92 Å². The normalized spacial score (nSPS) is 16.2. The number of rotatable bonds is 8. The van der Waals surface area contributed by atoms with Gasteiger partial charge >= 0.3 is 0 Å². The van der Waals surface area contributed by atoms with Gasteiger partial charge in [0.15, 0.2) is 0 Å². The first-order chi connectivity index (χ1) is 14.9. The van der Waals surface area contributed by atoms with Crippen LogP contribution in [0.5, 0.6) is 0 Å². The first-order valence-corrected chi connectivity index (χ1v) is 10.9. The second-order valence-electron chi connectivity index (χ2n) is 8.07. The number of para-hydroxylation sites is 1. The Kier molecular flexibility index (Phi) is 7.10. The Balaban J connectivity index is 1.83. The van der Waals surface area contributed by atoms with Crippen molar-refractivity contribution in [1.29, 1.82) is 0 Å². The summed E-state index contributed by atoms with van der Waals surface area (Å²) >= 11 is 0. The topological polar surface area (TPSA) is 52.6 Å². The number of carbonyl (C=O) groups excluding carboxylic acids is 1. The molecule has 3 rings (SSSR count).